The van der Waals surface area contributed by atoms with Gasteiger partial charge in [-0.15, -0.1) is 34.0 Å². The van der Waals surface area contributed by atoms with Gasteiger partial charge < -0.3 is 0 Å². The Labute approximate surface area is 151 Å². The lowest BCUT2D eigenvalue weighted by molar-refractivity contribution is 1.21. The number of thiazole rings is 3. The maximum Gasteiger partial charge on any atom is 0.142 e. The summed E-state index contributed by atoms with van der Waals surface area (Å²) in [6.45, 7) is 6.01. The molecule has 0 atom stereocenters. The van der Waals surface area contributed by atoms with Crippen molar-refractivity contribution in [3.8, 4) is 32.7 Å². The lowest BCUT2D eigenvalue weighted by Gasteiger charge is -2.06. The molecule has 0 bridgehead atoms. The lowest BCUT2D eigenvalue weighted by atomic mass is 10.1. The third kappa shape index (κ3) is 2.90. The second-order valence-corrected chi connectivity index (χ2v) is 8.21. The van der Waals surface area contributed by atoms with Gasteiger partial charge in [0.05, 0.1) is 10.7 Å². The molecule has 0 saturated carbocycles. The van der Waals surface area contributed by atoms with Crippen LogP contribution in [0, 0.1) is 20.8 Å². The second-order valence-electron chi connectivity index (χ2n) is 5.43. The smallest absolute Gasteiger partial charge is 0.142 e. The largest absolute Gasteiger partial charge is 0.243 e. The molecule has 0 radical (unpaired) electrons. The molecule has 0 aliphatic heterocycles. The van der Waals surface area contributed by atoms with Crippen LogP contribution in [0.3, 0.4) is 0 Å². The first-order valence-corrected chi connectivity index (χ1v) is 10.0. The van der Waals surface area contributed by atoms with Crippen molar-refractivity contribution in [2.75, 3.05) is 0 Å². The van der Waals surface area contributed by atoms with E-state index in [0.717, 1.165) is 49.1 Å². The standard InChI is InChI=1S/C17H14N4S3/c1-9-6-23-16(18-9)12-4-5-13(17-19-10(2)7-24-17)21-15(12)14-8-22-11(3)20-14/h4-8H,1-3H3. The van der Waals surface area contributed by atoms with Crippen molar-refractivity contribution < 1.29 is 0 Å². The van der Waals surface area contributed by atoms with Gasteiger partial charge in [0.25, 0.3) is 0 Å². The minimum Gasteiger partial charge on any atom is -0.243 e. The van der Waals surface area contributed by atoms with Crippen molar-refractivity contribution in [3.05, 3.63) is 44.7 Å². The summed E-state index contributed by atoms with van der Waals surface area (Å²) in [5.41, 5.74) is 5.72. The molecular formula is C17H14N4S3. The molecule has 0 fully saturated rings. The van der Waals surface area contributed by atoms with E-state index in [4.69, 9.17) is 4.98 Å². The molecule has 4 aromatic rings. The van der Waals surface area contributed by atoms with Crippen LogP contribution < -0.4 is 0 Å². The van der Waals surface area contributed by atoms with Crippen molar-refractivity contribution in [1.29, 1.82) is 0 Å². The molecule has 120 valence electrons. The quantitative estimate of drug-likeness (QED) is 0.486. The van der Waals surface area contributed by atoms with E-state index in [1.165, 1.54) is 0 Å². The fourth-order valence-electron chi connectivity index (χ4n) is 2.37. The Bertz CT molecular complexity index is 1010. The van der Waals surface area contributed by atoms with E-state index in [1.807, 2.05) is 32.2 Å². The summed E-state index contributed by atoms with van der Waals surface area (Å²) in [6.07, 6.45) is 0. The van der Waals surface area contributed by atoms with E-state index in [1.54, 1.807) is 34.0 Å². The number of hydrogen-bond donors (Lipinski definition) is 0. The zero-order valence-corrected chi connectivity index (χ0v) is 15.8. The first-order chi connectivity index (χ1) is 11.6. The average molecular weight is 371 g/mol. The molecule has 4 nitrogen and oxygen atoms in total. The van der Waals surface area contributed by atoms with Crippen LogP contribution in [-0.2, 0) is 0 Å². The molecule has 4 rings (SSSR count). The molecule has 0 saturated heterocycles. The van der Waals surface area contributed by atoms with Gasteiger partial charge in [-0.25, -0.2) is 19.9 Å². The first kappa shape index (κ1) is 15.6. The number of aryl methyl sites for hydroxylation is 3. The van der Waals surface area contributed by atoms with Crippen molar-refractivity contribution in [3.63, 3.8) is 0 Å². The number of pyridine rings is 1. The highest BCUT2D eigenvalue weighted by Gasteiger charge is 2.17. The van der Waals surface area contributed by atoms with Crippen molar-refractivity contribution >= 4 is 34.0 Å². The third-order valence-corrected chi connectivity index (χ3v) is 6.19. The Balaban J connectivity index is 1.90. The highest BCUT2D eigenvalue weighted by Crippen LogP contribution is 2.35. The summed E-state index contributed by atoms with van der Waals surface area (Å²) in [7, 11) is 0. The first-order valence-electron chi connectivity index (χ1n) is 7.39. The van der Waals surface area contributed by atoms with Gasteiger partial charge in [-0.05, 0) is 32.9 Å². The summed E-state index contributed by atoms with van der Waals surface area (Å²) >= 11 is 4.88. The number of nitrogens with zero attached hydrogens (tertiary/aromatic N) is 4. The van der Waals surface area contributed by atoms with Crippen LogP contribution in [-0.4, -0.2) is 19.9 Å². The van der Waals surface area contributed by atoms with Crippen LogP contribution in [0.25, 0.3) is 32.7 Å². The van der Waals surface area contributed by atoms with Gasteiger partial charge in [0, 0.05) is 33.1 Å². The fourth-order valence-corrected chi connectivity index (χ4v) is 4.55. The minimum atomic E-state index is 0.874. The molecule has 0 aliphatic carbocycles. The summed E-state index contributed by atoms with van der Waals surface area (Å²) in [5, 5.41) is 9.10. The normalized spacial score (nSPS) is 11.1. The summed E-state index contributed by atoms with van der Waals surface area (Å²) in [4.78, 5) is 18.7. The Morgan fingerprint density at radius 2 is 1.38 bits per heavy atom. The van der Waals surface area contributed by atoms with Crippen LogP contribution >= 0.6 is 34.0 Å². The molecule has 0 spiro atoms. The number of hydrogen-bond acceptors (Lipinski definition) is 7. The third-order valence-electron chi connectivity index (χ3n) is 3.44. The maximum atomic E-state index is 4.88. The van der Waals surface area contributed by atoms with Gasteiger partial charge in [-0.2, -0.15) is 0 Å². The monoisotopic (exact) mass is 370 g/mol. The Kier molecular flexibility index (Phi) is 3.99. The van der Waals surface area contributed by atoms with Gasteiger partial charge in [-0.3, -0.25) is 0 Å². The van der Waals surface area contributed by atoms with E-state index in [9.17, 15) is 0 Å². The fraction of sp³-hybridized carbons (Fsp3) is 0.176. The highest BCUT2D eigenvalue weighted by atomic mass is 32.1. The molecule has 0 aliphatic rings. The predicted octanol–water partition coefficient (Wildman–Crippen LogP) is 5.38. The summed E-state index contributed by atoms with van der Waals surface area (Å²) in [6, 6.07) is 4.11. The molecule has 4 aromatic heterocycles. The van der Waals surface area contributed by atoms with Crippen LogP contribution in [0.4, 0.5) is 0 Å². The minimum absolute atomic E-state index is 0.874. The van der Waals surface area contributed by atoms with Crippen LogP contribution in [0.2, 0.25) is 0 Å². The maximum absolute atomic E-state index is 4.88. The van der Waals surface area contributed by atoms with E-state index < -0.39 is 0 Å². The Morgan fingerprint density at radius 3 is 1.96 bits per heavy atom. The molecule has 0 aromatic carbocycles. The lowest BCUT2D eigenvalue weighted by Crippen LogP contribution is -1.93. The van der Waals surface area contributed by atoms with Crippen LogP contribution in [0.15, 0.2) is 28.3 Å². The van der Waals surface area contributed by atoms with Gasteiger partial charge in [0.15, 0.2) is 0 Å². The summed E-state index contributed by atoms with van der Waals surface area (Å²) in [5.74, 6) is 0. The zero-order chi connectivity index (χ0) is 16.7. The molecule has 24 heavy (non-hydrogen) atoms. The van der Waals surface area contributed by atoms with Crippen LogP contribution in [0.1, 0.15) is 16.4 Å². The van der Waals surface area contributed by atoms with Gasteiger partial charge in [0.2, 0.25) is 0 Å². The topological polar surface area (TPSA) is 51.6 Å². The van der Waals surface area contributed by atoms with E-state index >= 15 is 0 Å². The molecular weight excluding hydrogens is 356 g/mol. The van der Waals surface area contributed by atoms with E-state index in [0.29, 0.717) is 0 Å². The van der Waals surface area contributed by atoms with Crippen LogP contribution in [0.5, 0.6) is 0 Å². The zero-order valence-electron chi connectivity index (χ0n) is 13.4. The Morgan fingerprint density at radius 1 is 0.667 bits per heavy atom. The molecule has 7 heteroatoms. The number of aromatic nitrogens is 4. The SMILES string of the molecule is Cc1csc(-c2ccc(-c3nc(C)cs3)c(-c3csc(C)n3)n2)n1. The van der Waals surface area contributed by atoms with Crippen molar-refractivity contribution in [2.45, 2.75) is 20.8 Å². The van der Waals surface area contributed by atoms with E-state index in [2.05, 4.69) is 31.8 Å². The van der Waals surface area contributed by atoms with E-state index in [-0.39, 0.29) is 0 Å². The number of rotatable bonds is 3. The Hall–Kier alpha value is -1.96. The second kappa shape index (κ2) is 6.16. The van der Waals surface area contributed by atoms with Crippen molar-refractivity contribution in [2.24, 2.45) is 0 Å². The highest BCUT2D eigenvalue weighted by molar-refractivity contribution is 7.13. The predicted molar refractivity (Wildman–Crippen MR) is 102 cm³/mol. The molecule has 0 N–H and O–H groups in total. The van der Waals surface area contributed by atoms with Gasteiger partial charge >= 0.3 is 0 Å². The van der Waals surface area contributed by atoms with Gasteiger partial charge in [-0.1, -0.05) is 0 Å². The van der Waals surface area contributed by atoms with Gasteiger partial charge in [0.1, 0.15) is 21.4 Å². The van der Waals surface area contributed by atoms with Crippen molar-refractivity contribution in [1.82, 2.24) is 19.9 Å². The molecule has 4 heterocycles. The average Bonchev–Trinajstić information content (AvgIpc) is 3.28. The molecule has 0 unspecified atom stereocenters. The summed E-state index contributed by atoms with van der Waals surface area (Å²) < 4.78 is 0. The molecule has 0 amide bonds.